The van der Waals surface area contributed by atoms with Crippen LogP contribution in [0.25, 0.3) is 0 Å². The van der Waals surface area contributed by atoms with Gasteiger partial charge in [-0.2, -0.15) is 0 Å². The lowest BCUT2D eigenvalue weighted by Gasteiger charge is -2.12. The van der Waals surface area contributed by atoms with Gasteiger partial charge in [0.05, 0.1) is 17.7 Å². The molecule has 0 fully saturated rings. The van der Waals surface area contributed by atoms with E-state index in [0.717, 1.165) is 6.07 Å². The van der Waals surface area contributed by atoms with E-state index in [1.165, 1.54) is 6.07 Å². The SMILES string of the molecule is NC(CO)c1c(Cl)ccc(F)c1Cl. The van der Waals surface area contributed by atoms with Gasteiger partial charge in [0.25, 0.3) is 0 Å². The average molecular weight is 224 g/mol. The first kappa shape index (κ1) is 10.7. The van der Waals surface area contributed by atoms with E-state index in [9.17, 15) is 4.39 Å². The predicted molar refractivity (Wildman–Crippen MR) is 50.4 cm³/mol. The summed E-state index contributed by atoms with van der Waals surface area (Å²) in [7, 11) is 0. The quantitative estimate of drug-likeness (QED) is 0.755. The van der Waals surface area contributed by atoms with Gasteiger partial charge in [0.15, 0.2) is 0 Å². The van der Waals surface area contributed by atoms with Gasteiger partial charge in [0.2, 0.25) is 0 Å². The highest BCUT2D eigenvalue weighted by Crippen LogP contribution is 2.30. The number of hydrogen-bond acceptors (Lipinski definition) is 2. The lowest BCUT2D eigenvalue weighted by atomic mass is 10.1. The fourth-order valence-electron chi connectivity index (χ4n) is 0.974. The molecule has 5 heteroatoms. The average Bonchev–Trinajstić information content (AvgIpc) is 2.12. The van der Waals surface area contributed by atoms with Gasteiger partial charge in [-0.05, 0) is 12.1 Å². The molecule has 0 aliphatic rings. The van der Waals surface area contributed by atoms with Gasteiger partial charge in [-0.1, -0.05) is 23.2 Å². The number of nitrogens with two attached hydrogens (primary N) is 1. The van der Waals surface area contributed by atoms with E-state index in [2.05, 4.69) is 0 Å². The molecule has 1 aromatic carbocycles. The topological polar surface area (TPSA) is 46.2 Å². The smallest absolute Gasteiger partial charge is 0.142 e. The van der Waals surface area contributed by atoms with Crippen molar-refractivity contribution < 1.29 is 9.50 Å². The zero-order valence-electron chi connectivity index (χ0n) is 6.60. The first-order valence-electron chi connectivity index (χ1n) is 3.57. The van der Waals surface area contributed by atoms with E-state index in [4.69, 9.17) is 34.0 Å². The summed E-state index contributed by atoms with van der Waals surface area (Å²) in [6.45, 7) is -0.330. The van der Waals surface area contributed by atoms with Gasteiger partial charge < -0.3 is 10.8 Å². The number of rotatable bonds is 2. The molecule has 0 bridgehead atoms. The number of aliphatic hydroxyl groups excluding tert-OH is 1. The highest BCUT2D eigenvalue weighted by molar-refractivity contribution is 6.36. The standard InChI is InChI=1S/C8H8Cl2FNO/c9-4-1-2-5(11)8(10)7(4)6(12)3-13/h1-2,6,13H,3,12H2. The monoisotopic (exact) mass is 223 g/mol. The van der Waals surface area contributed by atoms with Crippen molar-refractivity contribution >= 4 is 23.2 Å². The summed E-state index contributed by atoms with van der Waals surface area (Å²) in [5.74, 6) is -0.593. The normalized spacial score (nSPS) is 13.0. The molecule has 0 saturated carbocycles. The summed E-state index contributed by atoms with van der Waals surface area (Å²) in [4.78, 5) is 0. The van der Waals surface area contributed by atoms with Gasteiger partial charge in [-0.15, -0.1) is 0 Å². The van der Waals surface area contributed by atoms with Crippen LogP contribution >= 0.6 is 23.2 Å². The molecule has 0 aromatic heterocycles. The second-order valence-corrected chi connectivity index (χ2v) is 3.33. The molecule has 13 heavy (non-hydrogen) atoms. The van der Waals surface area contributed by atoms with Crippen LogP contribution in [0.1, 0.15) is 11.6 Å². The molecule has 0 spiro atoms. The minimum Gasteiger partial charge on any atom is -0.394 e. The molecule has 0 radical (unpaired) electrons. The number of halogens is 3. The molecule has 1 aromatic rings. The van der Waals surface area contributed by atoms with E-state index >= 15 is 0 Å². The molecule has 0 heterocycles. The molecule has 0 amide bonds. The van der Waals surface area contributed by atoms with Crippen molar-refractivity contribution in [3.05, 3.63) is 33.6 Å². The summed E-state index contributed by atoms with van der Waals surface area (Å²) in [6.07, 6.45) is 0. The fraction of sp³-hybridized carbons (Fsp3) is 0.250. The van der Waals surface area contributed by atoms with Gasteiger partial charge in [0, 0.05) is 10.6 Å². The Hall–Kier alpha value is -0.350. The molecule has 0 aliphatic heterocycles. The second kappa shape index (κ2) is 4.24. The Morgan fingerprint density at radius 2 is 2.08 bits per heavy atom. The lowest BCUT2D eigenvalue weighted by Crippen LogP contribution is -2.15. The number of benzene rings is 1. The van der Waals surface area contributed by atoms with E-state index in [-0.39, 0.29) is 22.2 Å². The number of aliphatic hydroxyl groups is 1. The third-order valence-electron chi connectivity index (χ3n) is 1.65. The van der Waals surface area contributed by atoms with Crippen molar-refractivity contribution in [2.24, 2.45) is 5.73 Å². The van der Waals surface area contributed by atoms with Gasteiger partial charge in [-0.3, -0.25) is 0 Å². The minimum absolute atomic E-state index is 0.131. The Bertz CT molecular complexity index is 319. The molecule has 1 rings (SSSR count). The molecule has 1 atom stereocenters. The predicted octanol–water partition coefficient (Wildman–Crippen LogP) is 2.12. The zero-order valence-corrected chi connectivity index (χ0v) is 8.11. The van der Waals surface area contributed by atoms with Crippen molar-refractivity contribution in [1.82, 2.24) is 0 Å². The Kier molecular flexibility index (Phi) is 3.50. The van der Waals surface area contributed by atoms with Gasteiger partial charge in [0.1, 0.15) is 5.82 Å². The minimum atomic E-state index is -0.754. The van der Waals surface area contributed by atoms with Crippen molar-refractivity contribution in [3.8, 4) is 0 Å². The summed E-state index contributed by atoms with van der Waals surface area (Å²) in [5.41, 5.74) is 5.72. The van der Waals surface area contributed by atoms with Crippen LogP contribution in [0.3, 0.4) is 0 Å². The second-order valence-electron chi connectivity index (χ2n) is 2.55. The first-order valence-corrected chi connectivity index (χ1v) is 4.33. The molecule has 1 unspecified atom stereocenters. The van der Waals surface area contributed by atoms with E-state index in [1.54, 1.807) is 0 Å². The molecular formula is C8H8Cl2FNO. The van der Waals surface area contributed by atoms with Crippen LogP contribution in [0.5, 0.6) is 0 Å². The Labute approximate surface area is 85.1 Å². The van der Waals surface area contributed by atoms with Crippen molar-refractivity contribution in [2.75, 3.05) is 6.61 Å². The summed E-state index contributed by atoms with van der Waals surface area (Å²) in [6, 6.07) is 1.75. The molecule has 72 valence electrons. The van der Waals surface area contributed by atoms with Crippen LogP contribution < -0.4 is 5.73 Å². The summed E-state index contributed by atoms with van der Waals surface area (Å²) >= 11 is 11.4. The van der Waals surface area contributed by atoms with Crippen LogP contribution in [-0.4, -0.2) is 11.7 Å². The highest BCUT2D eigenvalue weighted by Gasteiger charge is 2.16. The molecule has 0 saturated heterocycles. The summed E-state index contributed by atoms with van der Waals surface area (Å²) < 4.78 is 12.9. The third-order valence-corrected chi connectivity index (χ3v) is 2.36. The van der Waals surface area contributed by atoms with Gasteiger partial charge in [-0.25, -0.2) is 4.39 Å². The molecule has 2 nitrogen and oxygen atoms in total. The maximum Gasteiger partial charge on any atom is 0.142 e. The summed E-state index contributed by atoms with van der Waals surface area (Å²) in [5, 5.41) is 8.89. The molecular weight excluding hydrogens is 216 g/mol. The van der Waals surface area contributed by atoms with Crippen LogP contribution in [0.15, 0.2) is 12.1 Å². The zero-order chi connectivity index (χ0) is 10.0. The highest BCUT2D eigenvalue weighted by atomic mass is 35.5. The molecule has 0 aliphatic carbocycles. The van der Waals surface area contributed by atoms with Crippen LogP contribution in [0, 0.1) is 5.82 Å². The van der Waals surface area contributed by atoms with Gasteiger partial charge >= 0.3 is 0 Å². The van der Waals surface area contributed by atoms with Crippen molar-refractivity contribution in [3.63, 3.8) is 0 Å². The van der Waals surface area contributed by atoms with Crippen LogP contribution in [-0.2, 0) is 0 Å². The Morgan fingerprint density at radius 1 is 1.46 bits per heavy atom. The van der Waals surface area contributed by atoms with Crippen LogP contribution in [0.4, 0.5) is 4.39 Å². The maximum absolute atomic E-state index is 12.9. The van der Waals surface area contributed by atoms with E-state index in [1.807, 2.05) is 0 Å². The van der Waals surface area contributed by atoms with E-state index in [0.29, 0.717) is 0 Å². The van der Waals surface area contributed by atoms with E-state index < -0.39 is 11.9 Å². The largest absolute Gasteiger partial charge is 0.394 e. The lowest BCUT2D eigenvalue weighted by molar-refractivity contribution is 0.268. The maximum atomic E-state index is 12.9. The first-order chi connectivity index (χ1) is 6.07. The van der Waals surface area contributed by atoms with Crippen molar-refractivity contribution in [2.45, 2.75) is 6.04 Å². The Morgan fingerprint density at radius 3 is 2.62 bits per heavy atom. The number of hydrogen-bond donors (Lipinski definition) is 2. The Balaban J connectivity index is 3.25. The van der Waals surface area contributed by atoms with Crippen molar-refractivity contribution in [1.29, 1.82) is 0 Å². The van der Waals surface area contributed by atoms with Crippen LogP contribution in [0.2, 0.25) is 10.0 Å². The fourth-order valence-corrected chi connectivity index (χ4v) is 1.62. The molecule has 3 N–H and O–H groups in total. The third kappa shape index (κ3) is 2.11.